The molecule has 0 fully saturated rings. The molecule has 3 aromatic heterocycles. The van der Waals surface area contributed by atoms with E-state index < -0.39 is 17.5 Å². The summed E-state index contributed by atoms with van der Waals surface area (Å²) in [5, 5.41) is 13.9. The number of aromatic amines is 1. The van der Waals surface area contributed by atoms with Crippen molar-refractivity contribution in [1.82, 2.24) is 25.0 Å². The molecular formula is C20H18F2N6O. The van der Waals surface area contributed by atoms with E-state index in [1.807, 2.05) is 6.92 Å². The van der Waals surface area contributed by atoms with Crippen molar-refractivity contribution in [1.29, 1.82) is 0 Å². The van der Waals surface area contributed by atoms with Crippen LogP contribution in [0.3, 0.4) is 0 Å². The van der Waals surface area contributed by atoms with Crippen LogP contribution in [0.25, 0.3) is 22.2 Å². The predicted molar refractivity (Wildman–Crippen MR) is 104 cm³/mol. The molecule has 7 nitrogen and oxygen atoms in total. The van der Waals surface area contributed by atoms with Gasteiger partial charge in [0.2, 0.25) is 0 Å². The third-order valence-electron chi connectivity index (χ3n) is 4.54. The number of anilines is 1. The number of hydrogen-bond donors (Lipinski definition) is 2. The molecule has 0 aliphatic carbocycles. The van der Waals surface area contributed by atoms with Gasteiger partial charge >= 0.3 is 0 Å². The standard InChI is InChI=1S/C20H18F2N6O/c1-3-4-11-5-14(21)18(15(22)6-11)16-7-13-17(9-23-16)26-27-19(13)25-20(29)12-8-24-28(2)10-12/h5-10H,3-4H2,1-2H3,(H2,25,26,27,29). The Morgan fingerprint density at radius 2 is 1.97 bits per heavy atom. The molecule has 1 aromatic carbocycles. The van der Waals surface area contributed by atoms with E-state index in [1.54, 1.807) is 13.2 Å². The van der Waals surface area contributed by atoms with Gasteiger partial charge in [-0.2, -0.15) is 10.2 Å². The fourth-order valence-electron chi connectivity index (χ4n) is 3.17. The number of nitrogens with one attached hydrogen (secondary N) is 2. The van der Waals surface area contributed by atoms with E-state index in [4.69, 9.17) is 0 Å². The molecule has 1 amide bonds. The van der Waals surface area contributed by atoms with Gasteiger partial charge in [0.1, 0.15) is 11.6 Å². The monoisotopic (exact) mass is 396 g/mol. The zero-order valence-electron chi connectivity index (χ0n) is 15.8. The maximum Gasteiger partial charge on any atom is 0.260 e. The van der Waals surface area contributed by atoms with Crippen LogP contribution in [0.5, 0.6) is 0 Å². The topological polar surface area (TPSA) is 88.5 Å². The molecule has 0 radical (unpaired) electrons. The molecule has 0 spiro atoms. The van der Waals surface area contributed by atoms with Crippen molar-refractivity contribution in [2.45, 2.75) is 19.8 Å². The minimum atomic E-state index is -0.676. The van der Waals surface area contributed by atoms with Crippen LogP contribution in [0, 0.1) is 11.6 Å². The van der Waals surface area contributed by atoms with Crippen molar-refractivity contribution in [3.63, 3.8) is 0 Å². The van der Waals surface area contributed by atoms with E-state index in [0.29, 0.717) is 28.5 Å². The molecule has 0 aliphatic rings. The summed E-state index contributed by atoms with van der Waals surface area (Å²) < 4.78 is 30.7. The van der Waals surface area contributed by atoms with Crippen LogP contribution >= 0.6 is 0 Å². The summed E-state index contributed by atoms with van der Waals surface area (Å²) in [6.45, 7) is 1.94. The van der Waals surface area contributed by atoms with E-state index in [1.165, 1.54) is 35.3 Å². The Labute approximate surface area is 164 Å². The van der Waals surface area contributed by atoms with E-state index in [2.05, 4.69) is 25.6 Å². The highest BCUT2D eigenvalue weighted by atomic mass is 19.1. The highest BCUT2D eigenvalue weighted by Crippen LogP contribution is 2.30. The van der Waals surface area contributed by atoms with Gasteiger partial charge < -0.3 is 5.32 Å². The zero-order valence-corrected chi connectivity index (χ0v) is 15.8. The van der Waals surface area contributed by atoms with Crippen LogP contribution in [0.1, 0.15) is 29.3 Å². The van der Waals surface area contributed by atoms with Gasteiger partial charge in [-0.25, -0.2) is 8.78 Å². The Bertz CT molecular complexity index is 1190. The maximum atomic E-state index is 14.6. The summed E-state index contributed by atoms with van der Waals surface area (Å²) in [4.78, 5) is 16.5. The number of rotatable bonds is 5. The summed E-state index contributed by atoms with van der Waals surface area (Å²) in [6.07, 6.45) is 5.81. The van der Waals surface area contributed by atoms with Crippen molar-refractivity contribution >= 4 is 22.6 Å². The minimum absolute atomic E-state index is 0.119. The summed E-state index contributed by atoms with van der Waals surface area (Å²) >= 11 is 0. The molecule has 3 heterocycles. The Morgan fingerprint density at radius 3 is 2.62 bits per heavy atom. The fraction of sp³-hybridized carbons (Fsp3) is 0.200. The number of nitrogens with zero attached hydrogens (tertiary/aromatic N) is 4. The summed E-state index contributed by atoms with van der Waals surface area (Å²) in [7, 11) is 1.70. The molecule has 29 heavy (non-hydrogen) atoms. The number of fused-ring (bicyclic) bond motifs is 1. The van der Waals surface area contributed by atoms with Gasteiger partial charge in [0.25, 0.3) is 5.91 Å². The van der Waals surface area contributed by atoms with Gasteiger partial charge in [0, 0.05) is 18.6 Å². The van der Waals surface area contributed by atoms with Crippen molar-refractivity contribution < 1.29 is 13.6 Å². The van der Waals surface area contributed by atoms with Crippen LogP contribution in [0.2, 0.25) is 0 Å². The van der Waals surface area contributed by atoms with Gasteiger partial charge in [-0.05, 0) is 30.2 Å². The van der Waals surface area contributed by atoms with Gasteiger partial charge in [-0.15, -0.1) is 0 Å². The second kappa shape index (κ2) is 7.42. The number of halogens is 2. The van der Waals surface area contributed by atoms with Crippen molar-refractivity contribution in [3.05, 3.63) is 59.6 Å². The van der Waals surface area contributed by atoms with E-state index >= 15 is 0 Å². The number of H-pyrrole nitrogens is 1. The van der Waals surface area contributed by atoms with Gasteiger partial charge in [-0.3, -0.25) is 19.6 Å². The van der Waals surface area contributed by atoms with Crippen molar-refractivity contribution in [3.8, 4) is 11.3 Å². The number of benzene rings is 1. The van der Waals surface area contributed by atoms with Crippen LogP contribution in [-0.4, -0.2) is 30.9 Å². The van der Waals surface area contributed by atoms with Crippen LogP contribution in [-0.2, 0) is 13.5 Å². The first-order chi connectivity index (χ1) is 14.0. The van der Waals surface area contributed by atoms with E-state index in [0.717, 1.165) is 6.42 Å². The normalized spacial score (nSPS) is 11.2. The molecule has 4 aromatic rings. The SMILES string of the molecule is CCCc1cc(F)c(-c2cc3c(NC(=O)c4cnn(C)c4)n[nH]c3cn2)c(F)c1. The second-order valence-electron chi connectivity index (χ2n) is 6.73. The largest absolute Gasteiger partial charge is 0.304 e. The predicted octanol–water partition coefficient (Wildman–Crippen LogP) is 3.84. The molecule has 0 bridgehead atoms. The first-order valence-electron chi connectivity index (χ1n) is 9.08. The molecule has 9 heteroatoms. The smallest absolute Gasteiger partial charge is 0.260 e. The lowest BCUT2D eigenvalue weighted by Gasteiger charge is -2.08. The first kappa shape index (κ1) is 18.7. The number of amides is 1. The number of carbonyl (C=O) groups is 1. The lowest BCUT2D eigenvalue weighted by atomic mass is 10.0. The van der Waals surface area contributed by atoms with Crippen LogP contribution < -0.4 is 5.32 Å². The zero-order chi connectivity index (χ0) is 20.5. The number of pyridine rings is 1. The number of aromatic nitrogens is 5. The second-order valence-corrected chi connectivity index (χ2v) is 6.73. The molecule has 2 N–H and O–H groups in total. The Balaban J connectivity index is 1.71. The first-order valence-corrected chi connectivity index (χ1v) is 9.08. The average Bonchev–Trinajstić information content (AvgIpc) is 3.28. The van der Waals surface area contributed by atoms with Crippen LogP contribution in [0.15, 0.2) is 36.8 Å². The number of aryl methyl sites for hydroxylation is 2. The quantitative estimate of drug-likeness (QED) is 0.536. The Morgan fingerprint density at radius 1 is 1.21 bits per heavy atom. The molecule has 148 valence electrons. The highest BCUT2D eigenvalue weighted by molar-refractivity contribution is 6.07. The third-order valence-corrected chi connectivity index (χ3v) is 4.54. The lowest BCUT2D eigenvalue weighted by molar-refractivity contribution is 0.102. The molecule has 0 saturated heterocycles. The third kappa shape index (κ3) is 3.58. The number of carbonyl (C=O) groups excluding carboxylic acids is 1. The molecule has 0 atom stereocenters. The van der Waals surface area contributed by atoms with Crippen molar-refractivity contribution in [2.75, 3.05) is 5.32 Å². The minimum Gasteiger partial charge on any atom is -0.304 e. The average molecular weight is 396 g/mol. The fourth-order valence-corrected chi connectivity index (χ4v) is 3.17. The maximum absolute atomic E-state index is 14.6. The van der Waals surface area contributed by atoms with Gasteiger partial charge in [-0.1, -0.05) is 13.3 Å². The van der Waals surface area contributed by atoms with Crippen molar-refractivity contribution in [2.24, 2.45) is 7.05 Å². The summed E-state index contributed by atoms with van der Waals surface area (Å²) in [6, 6.07) is 4.15. The molecule has 4 rings (SSSR count). The lowest BCUT2D eigenvalue weighted by Crippen LogP contribution is -2.11. The molecule has 0 saturated carbocycles. The van der Waals surface area contributed by atoms with Gasteiger partial charge in [0.15, 0.2) is 5.82 Å². The van der Waals surface area contributed by atoms with Gasteiger partial charge in [0.05, 0.1) is 34.7 Å². The number of hydrogen-bond acceptors (Lipinski definition) is 4. The summed E-state index contributed by atoms with van der Waals surface area (Å²) in [5.74, 6) is -1.51. The summed E-state index contributed by atoms with van der Waals surface area (Å²) in [5.41, 5.74) is 1.39. The molecular weight excluding hydrogens is 378 g/mol. The van der Waals surface area contributed by atoms with E-state index in [-0.39, 0.29) is 17.1 Å². The highest BCUT2D eigenvalue weighted by Gasteiger charge is 2.18. The molecule has 0 unspecified atom stereocenters. The molecule has 0 aliphatic heterocycles. The van der Waals surface area contributed by atoms with Crippen LogP contribution in [0.4, 0.5) is 14.6 Å². The Kier molecular flexibility index (Phi) is 4.79. The Hall–Kier alpha value is -3.62. The van der Waals surface area contributed by atoms with E-state index in [9.17, 15) is 13.6 Å².